The van der Waals surface area contributed by atoms with Gasteiger partial charge in [-0.05, 0) is 44.5 Å². The Hall–Kier alpha value is -2.88. The molecule has 122 valence electrons. The number of benzene rings is 2. The molecule has 4 rings (SSSR count). The minimum Gasteiger partial charge on any atom is -0.508 e. The van der Waals surface area contributed by atoms with Crippen molar-refractivity contribution in [3.63, 3.8) is 0 Å². The molecule has 0 unspecified atom stereocenters. The van der Waals surface area contributed by atoms with Gasteiger partial charge < -0.3 is 19.4 Å². The van der Waals surface area contributed by atoms with Crippen molar-refractivity contribution in [3.8, 4) is 28.6 Å². The molecule has 0 saturated carbocycles. The maximum absolute atomic E-state index is 10.2. The van der Waals surface area contributed by atoms with Crippen molar-refractivity contribution in [3.05, 3.63) is 53.1 Å². The Kier molecular flexibility index (Phi) is 3.27. The molecule has 0 saturated heterocycles. The molecular formula is C20H18O4. The number of rotatable bonds is 2. The van der Waals surface area contributed by atoms with Crippen LogP contribution >= 0.6 is 0 Å². The number of furan rings is 1. The Bertz CT molecular complexity index is 975. The molecular weight excluding hydrogens is 304 g/mol. The molecule has 1 aliphatic heterocycles. The lowest BCUT2D eigenvalue weighted by molar-refractivity contribution is 0.295. The van der Waals surface area contributed by atoms with Gasteiger partial charge in [0.15, 0.2) is 0 Å². The molecule has 1 aromatic heterocycles. The first-order chi connectivity index (χ1) is 11.5. The fourth-order valence-corrected chi connectivity index (χ4v) is 3.11. The quantitative estimate of drug-likeness (QED) is 0.658. The van der Waals surface area contributed by atoms with Gasteiger partial charge in [0.05, 0.1) is 5.56 Å². The van der Waals surface area contributed by atoms with Gasteiger partial charge in [-0.15, -0.1) is 0 Å². The minimum atomic E-state index is 0.171. The van der Waals surface area contributed by atoms with Crippen LogP contribution in [0, 0.1) is 0 Å². The number of aromatic hydroxyl groups is 2. The third-order valence-electron chi connectivity index (χ3n) is 4.33. The van der Waals surface area contributed by atoms with Crippen LogP contribution in [-0.2, 0) is 13.0 Å². The molecule has 0 atom stereocenters. The van der Waals surface area contributed by atoms with Gasteiger partial charge in [0.1, 0.15) is 35.2 Å². The van der Waals surface area contributed by atoms with E-state index in [1.165, 1.54) is 5.57 Å². The predicted molar refractivity (Wildman–Crippen MR) is 92.4 cm³/mol. The van der Waals surface area contributed by atoms with E-state index < -0.39 is 0 Å². The molecule has 4 heteroatoms. The van der Waals surface area contributed by atoms with Crippen molar-refractivity contribution in [1.29, 1.82) is 0 Å². The van der Waals surface area contributed by atoms with Gasteiger partial charge in [0.25, 0.3) is 0 Å². The van der Waals surface area contributed by atoms with Crippen LogP contribution < -0.4 is 4.74 Å². The van der Waals surface area contributed by atoms with Gasteiger partial charge in [-0.1, -0.05) is 11.6 Å². The summed E-state index contributed by atoms with van der Waals surface area (Å²) in [6.07, 6.45) is 2.67. The Morgan fingerprint density at radius 3 is 2.79 bits per heavy atom. The second-order valence-corrected chi connectivity index (χ2v) is 6.30. The fraction of sp³-hybridized carbons (Fsp3) is 0.200. The first-order valence-electron chi connectivity index (χ1n) is 7.90. The molecule has 24 heavy (non-hydrogen) atoms. The number of hydrogen-bond donors (Lipinski definition) is 2. The van der Waals surface area contributed by atoms with Gasteiger partial charge in [0.2, 0.25) is 0 Å². The van der Waals surface area contributed by atoms with Crippen molar-refractivity contribution >= 4 is 11.0 Å². The SMILES string of the molecule is CC(C)=CCc1c(O)ccc2c1OCc1c-2oc2cc(O)ccc12. The Morgan fingerprint density at radius 2 is 2.00 bits per heavy atom. The number of phenolic OH excluding ortho intramolecular Hbond substituents is 2. The summed E-state index contributed by atoms with van der Waals surface area (Å²) in [4.78, 5) is 0. The number of hydrogen-bond acceptors (Lipinski definition) is 4. The van der Waals surface area contributed by atoms with Crippen LogP contribution in [0.3, 0.4) is 0 Å². The van der Waals surface area contributed by atoms with E-state index in [0.29, 0.717) is 24.4 Å². The van der Waals surface area contributed by atoms with E-state index in [2.05, 4.69) is 6.08 Å². The molecule has 0 fully saturated rings. The Balaban J connectivity index is 1.92. The van der Waals surface area contributed by atoms with Crippen LogP contribution in [-0.4, -0.2) is 10.2 Å². The van der Waals surface area contributed by atoms with E-state index in [4.69, 9.17) is 9.15 Å². The van der Waals surface area contributed by atoms with Crippen molar-refractivity contribution in [2.75, 3.05) is 0 Å². The summed E-state index contributed by atoms with van der Waals surface area (Å²) >= 11 is 0. The second kappa shape index (κ2) is 5.34. The Labute approximate surface area is 139 Å². The van der Waals surface area contributed by atoms with Crippen molar-refractivity contribution < 1.29 is 19.4 Å². The first-order valence-corrected chi connectivity index (χ1v) is 7.90. The van der Waals surface area contributed by atoms with Crippen molar-refractivity contribution in [2.24, 2.45) is 0 Å². The molecule has 3 aromatic rings. The summed E-state index contributed by atoms with van der Waals surface area (Å²) in [5.41, 5.74) is 4.39. The number of allylic oxidation sites excluding steroid dienone is 2. The van der Waals surface area contributed by atoms with E-state index in [0.717, 1.165) is 27.8 Å². The van der Waals surface area contributed by atoms with E-state index >= 15 is 0 Å². The van der Waals surface area contributed by atoms with Crippen LogP contribution in [0.4, 0.5) is 0 Å². The molecule has 2 heterocycles. The highest BCUT2D eigenvalue weighted by molar-refractivity contribution is 5.91. The monoisotopic (exact) mass is 322 g/mol. The van der Waals surface area contributed by atoms with Crippen LogP contribution in [0.2, 0.25) is 0 Å². The van der Waals surface area contributed by atoms with Gasteiger partial charge in [-0.2, -0.15) is 0 Å². The highest BCUT2D eigenvalue weighted by atomic mass is 16.5. The maximum Gasteiger partial charge on any atom is 0.145 e. The number of phenols is 2. The summed E-state index contributed by atoms with van der Waals surface area (Å²) in [7, 11) is 0. The molecule has 2 N–H and O–H groups in total. The van der Waals surface area contributed by atoms with Crippen LogP contribution in [0.5, 0.6) is 17.2 Å². The minimum absolute atomic E-state index is 0.171. The zero-order valence-corrected chi connectivity index (χ0v) is 13.6. The summed E-state index contributed by atoms with van der Waals surface area (Å²) in [5, 5.41) is 20.8. The Morgan fingerprint density at radius 1 is 1.17 bits per heavy atom. The lowest BCUT2D eigenvalue weighted by atomic mass is 9.97. The first kappa shape index (κ1) is 14.7. The normalized spacial score (nSPS) is 12.4. The van der Waals surface area contributed by atoms with Crippen molar-refractivity contribution in [2.45, 2.75) is 26.9 Å². The van der Waals surface area contributed by atoms with Gasteiger partial charge in [0, 0.05) is 22.6 Å². The highest BCUT2D eigenvalue weighted by Gasteiger charge is 2.27. The number of ether oxygens (including phenoxy) is 1. The summed E-state index contributed by atoms with van der Waals surface area (Å²) < 4.78 is 12.0. The van der Waals surface area contributed by atoms with E-state index in [1.807, 2.05) is 26.0 Å². The number of fused-ring (bicyclic) bond motifs is 5. The van der Waals surface area contributed by atoms with E-state index in [9.17, 15) is 10.2 Å². The highest BCUT2D eigenvalue weighted by Crippen LogP contribution is 2.46. The molecule has 0 amide bonds. The smallest absolute Gasteiger partial charge is 0.145 e. The molecule has 0 bridgehead atoms. The molecule has 0 aliphatic carbocycles. The topological polar surface area (TPSA) is 62.8 Å². The lowest BCUT2D eigenvalue weighted by Gasteiger charge is -2.20. The molecule has 2 aromatic carbocycles. The largest absolute Gasteiger partial charge is 0.508 e. The predicted octanol–water partition coefficient (Wildman–Crippen LogP) is 4.91. The third-order valence-corrected chi connectivity index (χ3v) is 4.33. The molecule has 0 radical (unpaired) electrons. The van der Waals surface area contributed by atoms with Gasteiger partial charge >= 0.3 is 0 Å². The van der Waals surface area contributed by atoms with E-state index in [1.54, 1.807) is 18.2 Å². The molecule has 1 aliphatic rings. The zero-order valence-electron chi connectivity index (χ0n) is 13.6. The van der Waals surface area contributed by atoms with Crippen molar-refractivity contribution in [1.82, 2.24) is 0 Å². The third kappa shape index (κ3) is 2.22. The van der Waals surface area contributed by atoms with Crippen LogP contribution in [0.25, 0.3) is 22.3 Å². The molecule has 0 spiro atoms. The maximum atomic E-state index is 10.2. The second-order valence-electron chi connectivity index (χ2n) is 6.30. The summed E-state index contributed by atoms with van der Waals surface area (Å²) in [6, 6.07) is 8.58. The van der Waals surface area contributed by atoms with Crippen LogP contribution in [0.1, 0.15) is 25.0 Å². The molecule has 4 nitrogen and oxygen atoms in total. The average molecular weight is 322 g/mol. The summed E-state index contributed by atoms with van der Waals surface area (Å²) in [6.45, 7) is 4.43. The standard InChI is InChI=1S/C20H18O4/c1-11(2)3-5-14-17(22)8-7-15-19(14)23-10-16-13-6-4-12(21)9-18(13)24-20(15)16/h3-4,6-9,21-22H,5,10H2,1-2H3. The van der Waals surface area contributed by atoms with Gasteiger partial charge in [-0.25, -0.2) is 0 Å². The van der Waals surface area contributed by atoms with Crippen LogP contribution in [0.15, 0.2) is 46.4 Å². The lowest BCUT2D eigenvalue weighted by Crippen LogP contribution is -2.06. The van der Waals surface area contributed by atoms with Gasteiger partial charge in [-0.3, -0.25) is 0 Å². The zero-order chi connectivity index (χ0) is 16.8. The van der Waals surface area contributed by atoms with E-state index in [-0.39, 0.29) is 11.5 Å². The average Bonchev–Trinajstić information content (AvgIpc) is 2.91. The fourth-order valence-electron chi connectivity index (χ4n) is 3.11. The summed E-state index contributed by atoms with van der Waals surface area (Å²) in [5.74, 6) is 1.81.